The van der Waals surface area contributed by atoms with Crippen molar-refractivity contribution in [3.05, 3.63) is 48.0 Å². The Morgan fingerprint density at radius 2 is 1.70 bits per heavy atom. The summed E-state index contributed by atoms with van der Waals surface area (Å²) in [4.78, 5) is 4.87. The van der Waals surface area contributed by atoms with Gasteiger partial charge in [-0.3, -0.25) is 9.80 Å². The highest BCUT2D eigenvalue weighted by Gasteiger charge is 2.23. The van der Waals surface area contributed by atoms with Gasteiger partial charge in [0.05, 0.1) is 6.17 Å². The molecule has 20 heavy (non-hydrogen) atoms. The van der Waals surface area contributed by atoms with Crippen LogP contribution in [0.2, 0.25) is 0 Å². The van der Waals surface area contributed by atoms with E-state index in [4.69, 9.17) is 0 Å². The van der Waals surface area contributed by atoms with Gasteiger partial charge in [0.15, 0.2) is 0 Å². The third kappa shape index (κ3) is 2.70. The van der Waals surface area contributed by atoms with Gasteiger partial charge in [-0.1, -0.05) is 36.4 Å². The van der Waals surface area contributed by atoms with Crippen molar-refractivity contribution in [2.24, 2.45) is 0 Å². The molecular formula is C17H23N3. The maximum Gasteiger partial charge on any atom is 0.0882 e. The van der Waals surface area contributed by atoms with Crippen LogP contribution in [-0.4, -0.2) is 50.1 Å². The zero-order valence-corrected chi connectivity index (χ0v) is 12.3. The number of nitrogens with zero attached hydrogens (tertiary/aromatic N) is 2. The van der Waals surface area contributed by atoms with Crippen molar-refractivity contribution in [3.63, 3.8) is 0 Å². The van der Waals surface area contributed by atoms with E-state index in [9.17, 15) is 0 Å². The van der Waals surface area contributed by atoms with E-state index >= 15 is 0 Å². The van der Waals surface area contributed by atoms with Crippen molar-refractivity contribution in [1.82, 2.24) is 15.1 Å². The Hall–Kier alpha value is -1.42. The van der Waals surface area contributed by atoms with E-state index in [1.54, 1.807) is 0 Å². The maximum atomic E-state index is 3.43. The normalized spacial score (nSPS) is 18.6. The largest absolute Gasteiger partial charge is 0.314 e. The second kappa shape index (κ2) is 5.92. The minimum absolute atomic E-state index is 0.363. The summed E-state index contributed by atoms with van der Waals surface area (Å²) in [6.45, 7) is 4.38. The Kier molecular flexibility index (Phi) is 4.01. The summed E-state index contributed by atoms with van der Waals surface area (Å²) in [5, 5.41) is 6.07. The molecule has 1 heterocycles. The fourth-order valence-corrected chi connectivity index (χ4v) is 3.13. The van der Waals surface area contributed by atoms with Gasteiger partial charge in [0.2, 0.25) is 0 Å². The molecule has 0 spiro atoms. The van der Waals surface area contributed by atoms with Crippen LogP contribution in [0.25, 0.3) is 10.8 Å². The van der Waals surface area contributed by atoms with Crippen LogP contribution in [0.4, 0.5) is 0 Å². The molecule has 3 rings (SSSR count). The van der Waals surface area contributed by atoms with E-state index in [-0.39, 0.29) is 0 Å². The molecule has 0 aliphatic carbocycles. The Morgan fingerprint density at radius 1 is 1.00 bits per heavy atom. The molecule has 1 aliphatic rings. The van der Waals surface area contributed by atoms with Gasteiger partial charge in [0.1, 0.15) is 0 Å². The Morgan fingerprint density at radius 3 is 2.40 bits per heavy atom. The van der Waals surface area contributed by atoms with Crippen LogP contribution in [0.15, 0.2) is 42.5 Å². The van der Waals surface area contributed by atoms with E-state index in [0.717, 1.165) is 26.2 Å². The SMILES string of the molecule is CN(C)C(c1ccc2ccccc2c1)N1CCNCC1. The van der Waals surface area contributed by atoms with Gasteiger partial charge in [0.25, 0.3) is 0 Å². The molecule has 1 atom stereocenters. The van der Waals surface area contributed by atoms with Crippen molar-refractivity contribution >= 4 is 10.8 Å². The zero-order valence-electron chi connectivity index (χ0n) is 12.3. The van der Waals surface area contributed by atoms with Crippen molar-refractivity contribution in [1.29, 1.82) is 0 Å². The average Bonchev–Trinajstić information content (AvgIpc) is 2.48. The Bertz CT molecular complexity index is 573. The van der Waals surface area contributed by atoms with E-state index < -0.39 is 0 Å². The van der Waals surface area contributed by atoms with Crippen LogP contribution in [0, 0.1) is 0 Å². The number of rotatable bonds is 3. The molecule has 1 saturated heterocycles. The third-order valence-electron chi connectivity index (χ3n) is 4.06. The predicted molar refractivity (Wildman–Crippen MR) is 84.8 cm³/mol. The summed E-state index contributed by atoms with van der Waals surface area (Å²) < 4.78 is 0. The Labute approximate surface area is 121 Å². The quantitative estimate of drug-likeness (QED) is 0.922. The standard InChI is InChI=1S/C17H23N3/c1-19(2)17(20-11-9-18-10-12-20)16-8-7-14-5-3-4-6-15(14)13-16/h3-8,13,17-18H,9-12H2,1-2H3. The lowest BCUT2D eigenvalue weighted by Crippen LogP contribution is -2.48. The smallest absolute Gasteiger partial charge is 0.0882 e. The first-order chi connectivity index (χ1) is 9.75. The highest BCUT2D eigenvalue weighted by atomic mass is 15.3. The highest BCUT2D eigenvalue weighted by molar-refractivity contribution is 5.83. The number of piperazine rings is 1. The first-order valence-corrected chi connectivity index (χ1v) is 7.35. The number of hydrogen-bond acceptors (Lipinski definition) is 3. The molecule has 2 aromatic rings. The first kappa shape index (κ1) is 13.6. The number of benzene rings is 2. The molecular weight excluding hydrogens is 246 g/mol. The monoisotopic (exact) mass is 269 g/mol. The topological polar surface area (TPSA) is 18.5 Å². The molecule has 0 saturated carbocycles. The molecule has 0 radical (unpaired) electrons. The van der Waals surface area contributed by atoms with E-state index in [1.165, 1.54) is 16.3 Å². The molecule has 0 amide bonds. The van der Waals surface area contributed by atoms with Gasteiger partial charge >= 0.3 is 0 Å². The van der Waals surface area contributed by atoms with Crippen molar-refractivity contribution in [3.8, 4) is 0 Å². The third-order valence-corrected chi connectivity index (χ3v) is 4.06. The van der Waals surface area contributed by atoms with Crippen LogP contribution < -0.4 is 5.32 Å². The van der Waals surface area contributed by atoms with Gasteiger partial charge in [-0.15, -0.1) is 0 Å². The molecule has 2 aromatic carbocycles. The number of hydrogen-bond donors (Lipinski definition) is 1. The van der Waals surface area contributed by atoms with Crippen molar-refractivity contribution < 1.29 is 0 Å². The summed E-state index contributed by atoms with van der Waals surface area (Å²) >= 11 is 0. The van der Waals surface area contributed by atoms with E-state index in [0.29, 0.717) is 6.17 Å². The number of nitrogens with one attached hydrogen (secondary N) is 1. The maximum absolute atomic E-state index is 3.43. The minimum atomic E-state index is 0.363. The summed E-state index contributed by atoms with van der Waals surface area (Å²) in [5.74, 6) is 0. The molecule has 1 aliphatic heterocycles. The molecule has 106 valence electrons. The van der Waals surface area contributed by atoms with Crippen LogP contribution >= 0.6 is 0 Å². The number of fused-ring (bicyclic) bond motifs is 1. The highest BCUT2D eigenvalue weighted by Crippen LogP contribution is 2.26. The second-order valence-electron chi connectivity index (χ2n) is 5.73. The van der Waals surface area contributed by atoms with Crippen LogP contribution in [-0.2, 0) is 0 Å². The summed E-state index contributed by atoms with van der Waals surface area (Å²) in [7, 11) is 4.34. The minimum Gasteiger partial charge on any atom is -0.314 e. The average molecular weight is 269 g/mol. The summed E-state index contributed by atoms with van der Waals surface area (Å²) in [6.07, 6.45) is 0.363. The van der Waals surface area contributed by atoms with Crippen molar-refractivity contribution in [2.75, 3.05) is 40.3 Å². The predicted octanol–water partition coefficient (Wildman–Crippen LogP) is 2.31. The fourth-order valence-electron chi connectivity index (χ4n) is 3.13. The van der Waals surface area contributed by atoms with Gasteiger partial charge in [-0.05, 0) is 36.5 Å². The molecule has 1 N–H and O–H groups in total. The first-order valence-electron chi connectivity index (χ1n) is 7.35. The van der Waals surface area contributed by atoms with Gasteiger partial charge < -0.3 is 5.32 Å². The van der Waals surface area contributed by atoms with E-state index in [1.807, 2.05) is 0 Å². The molecule has 1 unspecified atom stereocenters. The van der Waals surface area contributed by atoms with Crippen LogP contribution in [0.5, 0.6) is 0 Å². The molecule has 1 fully saturated rings. The van der Waals surface area contributed by atoms with Crippen LogP contribution in [0.1, 0.15) is 11.7 Å². The van der Waals surface area contributed by atoms with Gasteiger partial charge in [0, 0.05) is 26.2 Å². The van der Waals surface area contributed by atoms with Crippen molar-refractivity contribution in [2.45, 2.75) is 6.17 Å². The lowest BCUT2D eigenvalue weighted by Gasteiger charge is -2.39. The Balaban J connectivity index is 1.95. The molecule has 0 bridgehead atoms. The second-order valence-corrected chi connectivity index (χ2v) is 5.73. The van der Waals surface area contributed by atoms with Gasteiger partial charge in [-0.25, -0.2) is 0 Å². The zero-order chi connectivity index (χ0) is 13.9. The molecule has 3 heteroatoms. The van der Waals surface area contributed by atoms with Gasteiger partial charge in [-0.2, -0.15) is 0 Å². The summed E-state index contributed by atoms with van der Waals surface area (Å²) in [6, 6.07) is 15.4. The van der Waals surface area contributed by atoms with Crippen LogP contribution in [0.3, 0.4) is 0 Å². The molecule has 0 aromatic heterocycles. The lowest BCUT2D eigenvalue weighted by atomic mass is 10.0. The summed E-state index contributed by atoms with van der Waals surface area (Å²) in [5.41, 5.74) is 1.38. The van der Waals surface area contributed by atoms with E-state index in [2.05, 4.69) is 71.7 Å². The molecule has 3 nitrogen and oxygen atoms in total. The lowest BCUT2D eigenvalue weighted by molar-refractivity contribution is 0.0674. The fraction of sp³-hybridized carbons (Fsp3) is 0.412.